The molecule has 0 aliphatic rings. The van der Waals surface area contributed by atoms with E-state index in [9.17, 15) is 9.59 Å². The number of anilines is 1. The lowest BCUT2D eigenvalue weighted by Crippen LogP contribution is -2.20. The monoisotopic (exact) mass is 289 g/mol. The minimum atomic E-state index is -0.312. The number of halogens is 1. The molecular weight excluding hydrogens is 278 g/mol. The van der Waals surface area contributed by atoms with E-state index >= 15 is 0 Å². The molecule has 0 aromatic heterocycles. The first-order valence-corrected chi connectivity index (χ1v) is 6.30. The highest BCUT2D eigenvalue weighted by atomic mass is 35.5. The second kappa shape index (κ2) is 6.73. The number of hydrogen-bond acceptors (Lipinski definition) is 3. The van der Waals surface area contributed by atoms with E-state index in [4.69, 9.17) is 16.3 Å². The zero-order chi connectivity index (χ0) is 14.4. The molecule has 0 atom stereocenters. The van der Waals surface area contributed by atoms with E-state index in [0.29, 0.717) is 17.0 Å². The van der Waals surface area contributed by atoms with Gasteiger partial charge in [-0.3, -0.25) is 9.59 Å². The van der Waals surface area contributed by atoms with Gasteiger partial charge in [0.05, 0.1) is 10.6 Å². The Balaban J connectivity index is 1.97. The third kappa shape index (κ3) is 3.59. The van der Waals surface area contributed by atoms with Gasteiger partial charge in [0.1, 0.15) is 5.75 Å². The summed E-state index contributed by atoms with van der Waals surface area (Å²) in [4.78, 5) is 22.6. The van der Waals surface area contributed by atoms with Crippen molar-refractivity contribution in [3.63, 3.8) is 0 Å². The predicted octanol–water partition coefficient (Wildman–Crippen LogP) is 3.17. The van der Waals surface area contributed by atoms with Crippen molar-refractivity contribution in [1.29, 1.82) is 0 Å². The molecule has 2 aromatic rings. The molecule has 0 aliphatic carbocycles. The first-order chi connectivity index (χ1) is 9.70. The maximum absolute atomic E-state index is 11.7. The quantitative estimate of drug-likeness (QED) is 0.860. The van der Waals surface area contributed by atoms with Crippen LogP contribution in [0, 0.1) is 0 Å². The predicted molar refractivity (Wildman–Crippen MR) is 77.4 cm³/mol. The number of rotatable bonds is 5. The lowest BCUT2D eigenvalue weighted by molar-refractivity contribution is -0.118. The van der Waals surface area contributed by atoms with E-state index in [0.717, 1.165) is 0 Å². The van der Waals surface area contributed by atoms with Gasteiger partial charge in [0.25, 0.3) is 5.91 Å². The van der Waals surface area contributed by atoms with Crippen LogP contribution in [0.5, 0.6) is 5.75 Å². The van der Waals surface area contributed by atoms with E-state index in [2.05, 4.69) is 5.32 Å². The number of ether oxygens (including phenoxy) is 1. The van der Waals surface area contributed by atoms with Gasteiger partial charge in [-0.15, -0.1) is 0 Å². The molecule has 5 heteroatoms. The second-order valence-electron chi connectivity index (χ2n) is 3.97. The molecule has 2 rings (SSSR count). The summed E-state index contributed by atoms with van der Waals surface area (Å²) >= 11 is 5.86. The van der Waals surface area contributed by atoms with Crippen LogP contribution in [0.25, 0.3) is 0 Å². The van der Waals surface area contributed by atoms with Crippen molar-refractivity contribution in [2.45, 2.75) is 0 Å². The molecule has 2 aromatic carbocycles. The smallest absolute Gasteiger partial charge is 0.262 e. The van der Waals surface area contributed by atoms with E-state index in [1.807, 2.05) is 18.2 Å². The van der Waals surface area contributed by atoms with Gasteiger partial charge in [-0.05, 0) is 24.3 Å². The molecule has 0 fully saturated rings. The number of amides is 1. The maximum atomic E-state index is 11.7. The molecule has 1 amide bonds. The van der Waals surface area contributed by atoms with Crippen LogP contribution in [0.3, 0.4) is 0 Å². The van der Waals surface area contributed by atoms with Crippen LogP contribution in [-0.4, -0.2) is 18.8 Å². The highest BCUT2D eigenvalue weighted by Crippen LogP contribution is 2.24. The Bertz CT molecular complexity index is 614. The number of nitrogens with one attached hydrogen (secondary N) is 1. The molecule has 0 spiro atoms. The molecule has 0 bridgehead atoms. The van der Waals surface area contributed by atoms with Gasteiger partial charge >= 0.3 is 0 Å². The summed E-state index contributed by atoms with van der Waals surface area (Å²) in [6, 6.07) is 13.9. The zero-order valence-corrected chi connectivity index (χ0v) is 11.3. The Morgan fingerprint density at radius 3 is 2.60 bits per heavy atom. The van der Waals surface area contributed by atoms with Crippen molar-refractivity contribution >= 4 is 29.5 Å². The number of carbonyl (C=O) groups is 2. The maximum Gasteiger partial charge on any atom is 0.262 e. The minimum Gasteiger partial charge on any atom is -0.483 e. The van der Waals surface area contributed by atoms with Gasteiger partial charge in [-0.25, -0.2) is 0 Å². The van der Waals surface area contributed by atoms with Crippen molar-refractivity contribution in [3.8, 4) is 5.75 Å². The summed E-state index contributed by atoms with van der Waals surface area (Å²) in [5, 5.41) is 2.97. The Morgan fingerprint density at radius 1 is 1.15 bits per heavy atom. The third-order valence-electron chi connectivity index (χ3n) is 2.55. The first kappa shape index (κ1) is 14.1. The topological polar surface area (TPSA) is 55.4 Å². The lowest BCUT2D eigenvalue weighted by atomic mass is 10.2. The van der Waals surface area contributed by atoms with Crippen molar-refractivity contribution in [2.24, 2.45) is 0 Å². The van der Waals surface area contributed by atoms with Gasteiger partial charge in [-0.1, -0.05) is 35.9 Å². The number of hydrogen-bond donors (Lipinski definition) is 1. The zero-order valence-electron chi connectivity index (χ0n) is 10.5. The summed E-state index contributed by atoms with van der Waals surface area (Å²) in [7, 11) is 0. The fraction of sp³-hybridized carbons (Fsp3) is 0.0667. The molecule has 102 valence electrons. The van der Waals surface area contributed by atoms with Crippen molar-refractivity contribution in [1.82, 2.24) is 0 Å². The Hall–Kier alpha value is -2.33. The molecule has 0 unspecified atom stereocenters. The van der Waals surface area contributed by atoms with E-state index in [-0.39, 0.29) is 23.8 Å². The largest absolute Gasteiger partial charge is 0.483 e. The van der Waals surface area contributed by atoms with Gasteiger partial charge in [0, 0.05) is 5.69 Å². The highest BCUT2D eigenvalue weighted by Gasteiger charge is 2.09. The molecule has 0 saturated heterocycles. The van der Waals surface area contributed by atoms with Crippen LogP contribution < -0.4 is 10.1 Å². The van der Waals surface area contributed by atoms with Crippen LogP contribution in [0.15, 0.2) is 48.5 Å². The Kier molecular flexibility index (Phi) is 4.74. The van der Waals surface area contributed by atoms with Crippen molar-refractivity contribution < 1.29 is 14.3 Å². The molecule has 0 aliphatic heterocycles. The SMILES string of the molecule is O=Cc1c(Cl)cccc1OCC(=O)Nc1ccccc1. The molecule has 1 N–H and O–H groups in total. The molecular formula is C15H12ClNO3. The third-order valence-corrected chi connectivity index (χ3v) is 2.88. The number of benzene rings is 2. The van der Waals surface area contributed by atoms with Crippen LogP contribution in [0.1, 0.15) is 10.4 Å². The molecule has 20 heavy (non-hydrogen) atoms. The second-order valence-corrected chi connectivity index (χ2v) is 4.38. The minimum absolute atomic E-state index is 0.198. The van der Waals surface area contributed by atoms with Crippen molar-refractivity contribution in [3.05, 3.63) is 59.1 Å². The van der Waals surface area contributed by atoms with Crippen LogP contribution in [-0.2, 0) is 4.79 Å². The van der Waals surface area contributed by atoms with Gasteiger partial charge in [-0.2, -0.15) is 0 Å². The Labute approximate surface area is 121 Å². The normalized spacial score (nSPS) is 9.85. The number of aldehydes is 1. The van der Waals surface area contributed by atoms with Crippen LogP contribution in [0.2, 0.25) is 5.02 Å². The first-order valence-electron chi connectivity index (χ1n) is 5.92. The number of para-hydroxylation sites is 1. The lowest BCUT2D eigenvalue weighted by Gasteiger charge is -2.09. The van der Waals surface area contributed by atoms with Crippen LogP contribution >= 0.6 is 11.6 Å². The summed E-state index contributed by atoms with van der Waals surface area (Å²) < 4.78 is 5.32. The molecule has 0 saturated carbocycles. The Morgan fingerprint density at radius 2 is 1.90 bits per heavy atom. The van der Waals surface area contributed by atoms with Crippen molar-refractivity contribution in [2.75, 3.05) is 11.9 Å². The summed E-state index contributed by atoms with van der Waals surface area (Å²) in [5.41, 5.74) is 0.921. The molecule has 4 nitrogen and oxygen atoms in total. The molecule has 0 heterocycles. The molecule has 0 radical (unpaired) electrons. The standard InChI is InChI=1S/C15H12ClNO3/c16-13-7-4-8-14(12(13)9-18)20-10-15(19)17-11-5-2-1-3-6-11/h1-9H,10H2,(H,17,19). The summed E-state index contributed by atoms with van der Waals surface area (Å²) in [6.07, 6.45) is 0.604. The highest BCUT2D eigenvalue weighted by molar-refractivity contribution is 6.33. The number of carbonyl (C=O) groups excluding carboxylic acids is 2. The van der Waals surface area contributed by atoms with Crippen LogP contribution in [0.4, 0.5) is 5.69 Å². The summed E-state index contributed by atoms with van der Waals surface area (Å²) in [6.45, 7) is -0.198. The average Bonchev–Trinajstić information content (AvgIpc) is 2.46. The van der Waals surface area contributed by atoms with Gasteiger partial charge in [0.2, 0.25) is 0 Å². The fourth-order valence-electron chi connectivity index (χ4n) is 1.62. The summed E-state index contributed by atoms with van der Waals surface area (Å²) in [5.74, 6) is -0.0243. The van der Waals surface area contributed by atoms with Gasteiger partial charge in [0.15, 0.2) is 12.9 Å². The fourth-order valence-corrected chi connectivity index (χ4v) is 1.83. The van der Waals surface area contributed by atoms with E-state index in [1.54, 1.807) is 30.3 Å². The van der Waals surface area contributed by atoms with E-state index in [1.165, 1.54) is 0 Å². The average molecular weight is 290 g/mol. The van der Waals surface area contributed by atoms with E-state index < -0.39 is 0 Å². The van der Waals surface area contributed by atoms with Gasteiger partial charge < -0.3 is 10.1 Å².